The van der Waals surface area contributed by atoms with Crippen molar-refractivity contribution >= 4 is 21.8 Å². The smallest absolute Gasteiger partial charge is 0.280 e. The SMILES string of the molecule is CC(NS(=O)(=O)N1CCCC(CN)C1)c1ccccc1Cl. The quantitative estimate of drug-likeness (QED) is 0.865. The molecule has 0 aliphatic carbocycles. The molecule has 1 aliphatic heterocycles. The zero-order valence-electron chi connectivity index (χ0n) is 12.1. The summed E-state index contributed by atoms with van der Waals surface area (Å²) in [6.07, 6.45) is 1.84. The van der Waals surface area contributed by atoms with Crippen LogP contribution in [0.1, 0.15) is 31.4 Å². The lowest BCUT2D eigenvalue weighted by molar-refractivity contribution is 0.267. The summed E-state index contributed by atoms with van der Waals surface area (Å²) in [6.45, 7) is 3.34. The minimum absolute atomic E-state index is 0.242. The first-order valence-corrected chi connectivity index (χ1v) is 8.97. The predicted molar refractivity (Wildman–Crippen MR) is 85.3 cm³/mol. The van der Waals surface area contributed by atoms with Crippen molar-refractivity contribution < 1.29 is 8.42 Å². The van der Waals surface area contributed by atoms with Gasteiger partial charge in [0.25, 0.3) is 10.2 Å². The van der Waals surface area contributed by atoms with Crippen LogP contribution >= 0.6 is 11.6 Å². The standard InChI is InChI=1S/C14H22ClN3O2S/c1-11(13-6-2-3-7-14(13)15)17-21(19,20)18-8-4-5-12(9-16)10-18/h2-3,6-7,11-12,17H,4-5,8-10,16H2,1H3. The van der Waals surface area contributed by atoms with Gasteiger partial charge in [0.05, 0.1) is 0 Å². The van der Waals surface area contributed by atoms with Gasteiger partial charge >= 0.3 is 0 Å². The fourth-order valence-corrected chi connectivity index (χ4v) is 4.42. The van der Waals surface area contributed by atoms with Gasteiger partial charge in [-0.2, -0.15) is 17.4 Å². The Morgan fingerprint density at radius 1 is 1.48 bits per heavy atom. The first-order chi connectivity index (χ1) is 9.94. The van der Waals surface area contributed by atoms with Crippen molar-refractivity contribution in [3.05, 3.63) is 34.9 Å². The first-order valence-electron chi connectivity index (χ1n) is 7.16. The Kier molecular flexibility index (Phi) is 5.62. The third-order valence-electron chi connectivity index (χ3n) is 3.85. The zero-order valence-corrected chi connectivity index (χ0v) is 13.7. The molecule has 1 aromatic rings. The summed E-state index contributed by atoms with van der Waals surface area (Å²) in [6, 6.07) is 6.88. The van der Waals surface area contributed by atoms with Gasteiger partial charge < -0.3 is 5.73 Å². The molecule has 1 aromatic carbocycles. The van der Waals surface area contributed by atoms with Crippen molar-refractivity contribution in [3.63, 3.8) is 0 Å². The molecule has 2 rings (SSSR count). The topological polar surface area (TPSA) is 75.4 Å². The van der Waals surface area contributed by atoms with Gasteiger partial charge in [0, 0.05) is 24.2 Å². The van der Waals surface area contributed by atoms with Crippen molar-refractivity contribution in [1.29, 1.82) is 0 Å². The van der Waals surface area contributed by atoms with Crippen molar-refractivity contribution in [2.45, 2.75) is 25.8 Å². The molecule has 5 nitrogen and oxygen atoms in total. The number of nitrogens with two attached hydrogens (primary N) is 1. The van der Waals surface area contributed by atoms with E-state index in [1.165, 1.54) is 4.31 Å². The molecule has 2 atom stereocenters. The maximum atomic E-state index is 12.5. The van der Waals surface area contributed by atoms with E-state index in [1.54, 1.807) is 13.0 Å². The van der Waals surface area contributed by atoms with E-state index in [9.17, 15) is 8.42 Å². The normalized spacial score (nSPS) is 22.1. The summed E-state index contributed by atoms with van der Waals surface area (Å²) in [4.78, 5) is 0. The van der Waals surface area contributed by atoms with Crippen LogP contribution in [0.25, 0.3) is 0 Å². The highest BCUT2D eigenvalue weighted by Crippen LogP contribution is 2.24. The molecule has 0 radical (unpaired) electrons. The molecule has 1 aliphatic rings. The summed E-state index contributed by atoms with van der Waals surface area (Å²) in [7, 11) is -3.52. The summed E-state index contributed by atoms with van der Waals surface area (Å²) in [5, 5.41) is 0.561. The van der Waals surface area contributed by atoms with Gasteiger partial charge in [-0.05, 0) is 43.9 Å². The van der Waals surface area contributed by atoms with Crippen molar-refractivity contribution in [2.75, 3.05) is 19.6 Å². The Bertz CT molecular complexity index is 579. The molecular formula is C14H22ClN3O2S. The Labute approximate surface area is 131 Å². The zero-order chi connectivity index (χ0) is 15.5. The third-order valence-corrected chi connectivity index (χ3v) is 5.86. The van der Waals surface area contributed by atoms with Crippen LogP contribution in [0.4, 0.5) is 0 Å². The Balaban J connectivity index is 2.08. The van der Waals surface area contributed by atoms with Crippen LogP contribution in [0.15, 0.2) is 24.3 Å². The maximum Gasteiger partial charge on any atom is 0.280 e. The van der Waals surface area contributed by atoms with Crippen LogP contribution in [-0.4, -0.2) is 32.4 Å². The van der Waals surface area contributed by atoms with Crippen LogP contribution < -0.4 is 10.5 Å². The van der Waals surface area contributed by atoms with E-state index in [-0.39, 0.29) is 12.0 Å². The molecule has 118 valence electrons. The van der Waals surface area contributed by atoms with Gasteiger partial charge in [0.15, 0.2) is 0 Å². The van der Waals surface area contributed by atoms with Crippen molar-refractivity contribution in [3.8, 4) is 0 Å². The van der Waals surface area contributed by atoms with Gasteiger partial charge in [0.1, 0.15) is 0 Å². The van der Waals surface area contributed by atoms with E-state index in [4.69, 9.17) is 17.3 Å². The van der Waals surface area contributed by atoms with E-state index < -0.39 is 10.2 Å². The van der Waals surface area contributed by atoms with Crippen LogP contribution in [0.3, 0.4) is 0 Å². The molecule has 1 saturated heterocycles. The van der Waals surface area contributed by atoms with Gasteiger partial charge in [-0.25, -0.2) is 0 Å². The number of rotatable bonds is 5. The number of hydrogen-bond donors (Lipinski definition) is 2. The highest BCUT2D eigenvalue weighted by molar-refractivity contribution is 7.87. The predicted octanol–water partition coefficient (Wildman–Crippen LogP) is 1.91. The van der Waals surface area contributed by atoms with Gasteiger partial charge in [-0.15, -0.1) is 0 Å². The number of halogens is 1. The monoisotopic (exact) mass is 331 g/mol. The minimum atomic E-state index is -3.52. The lowest BCUT2D eigenvalue weighted by Crippen LogP contribution is -2.47. The summed E-state index contributed by atoms with van der Waals surface area (Å²) in [5.74, 6) is 0.242. The Morgan fingerprint density at radius 2 is 2.19 bits per heavy atom. The van der Waals surface area contributed by atoms with Gasteiger partial charge in [-0.3, -0.25) is 0 Å². The molecule has 2 unspecified atom stereocenters. The van der Waals surface area contributed by atoms with E-state index in [2.05, 4.69) is 4.72 Å². The first kappa shape index (κ1) is 16.7. The largest absolute Gasteiger partial charge is 0.330 e. The molecule has 0 saturated carbocycles. The van der Waals surface area contributed by atoms with Crippen LogP contribution in [-0.2, 0) is 10.2 Å². The molecule has 0 amide bonds. The molecule has 1 heterocycles. The fraction of sp³-hybridized carbons (Fsp3) is 0.571. The second-order valence-corrected chi connectivity index (χ2v) is 7.58. The highest BCUT2D eigenvalue weighted by Gasteiger charge is 2.29. The van der Waals surface area contributed by atoms with Crippen molar-refractivity contribution in [2.24, 2.45) is 11.7 Å². The average molecular weight is 332 g/mol. The average Bonchev–Trinajstić information content (AvgIpc) is 2.47. The molecule has 0 aromatic heterocycles. The second-order valence-electron chi connectivity index (χ2n) is 5.47. The van der Waals surface area contributed by atoms with E-state index in [1.807, 2.05) is 18.2 Å². The fourth-order valence-electron chi connectivity index (χ4n) is 2.63. The van der Waals surface area contributed by atoms with Crippen molar-refractivity contribution in [1.82, 2.24) is 9.03 Å². The lowest BCUT2D eigenvalue weighted by Gasteiger charge is -2.32. The lowest BCUT2D eigenvalue weighted by atomic mass is 10.0. The number of hydrogen-bond acceptors (Lipinski definition) is 3. The minimum Gasteiger partial charge on any atom is -0.330 e. The van der Waals surface area contributed by atoms with Gasteiger partial charge in [-0.1, -0.05) is 29.8 Å². The third kappa shape index (κ3) is 4.17. The summed E-state index contributed by atoms with van der Waals surface area (Å²) in [5.41, 5.74) is 6.43. The Morgan fingerprint density at radius 3 is 2.86 bits per heavy atom. The van der Waals surface area contributed by atoms with Gasteiger partial charge in [0.2, 0.25) is 0 Å². The molecule has 21 heavy (non-hydrogen) atoms. The molecule has 3 N–H and O–H groups in total. The Hall–Kier alpha value is -0.660. The number of benzene rings is 1. The van der Waals surface area contributed by atoms with Crippen LogP contribution in [0, 0.1) is 5.92 Å². The molecule has 0 spiro atoms. The summed E-state index contributed by atoms with van der Waals surface area (Å²) >= 11 is 6.11. The van der Waals surface area contributed by atoms with Crippen LogP contribution in [0.5, 0.6) is 0 Å². The number of nitrogens with zero attached hydrogens (tertiary/aromatic N) is 1. The maximum absolute atomic E-state index is 12.5. The molecule has 1 fully saturated rings. The van der Waals surface area contributed by atoms with E-state index in [0.717, 1.165) is 18.4 Å². The molecule has 0 bridgehead atoms. The van der Waals surface area contributed by atoms with E-state index >= 15 is 0 Å². The van der Waals surface area contributed by atoms with Crippen LogP contribution in [0.2, 0.25) is 5.02 Å². The highest BCUT2D eigenvalue weighted by atomic mass is 35.5. The summed E-state index contributed by atoms with van der Waals surface area (Å²) < 4.78 is 29.1. The molecular weight excluding hydrogens is 310 g/mol. The molecule has 7 heteroatoms. The second kappa shape index (κ2) is 7.07. The number of nitrogens with one attached hydrogen (secondary N) is 1. The number of piperidine rings is 1. The van der Waals surface area contributed by atoms with E-state index in [0.29, 0.717) is 24.7 Å².